The van der Waals surface area contributed by atoms with Crippen LogP contribution in [-0.4, -0.2) is 26.0 Å². The Balaban J connectivity index is 2.58. The number of rotatable bonds is 2. The molecule has 0 saturated carbocycles. The predicted molar refractivity (Wildman–Crippen MR) is 57.2 cm³/mol. The van der Waals surface area contributed by atoms with Gasteiger partial charge in [0, 0.05) is 0 Å². The van der Waals surface area contributed by atoms with Crippen LogP contribution in [0.3, 0.4) is 0 Å². The Morgan fingerprint density at radius 2 is 2.06 bits per heavy atom. The molecule has 0 saturated heterocycles. The number of phenolic OH excluding ortho intramolecular Hbond substituents is 1. The van der Waals surface area contributed by atoms with Crippen molar-refractivity contribution in [3.63, 3.8) is 0 Å². The lowest BCUT2D eigenvalue weighted by Crippen LogP contribution is -1.99. The van der Waals surface area contributed by atoms with Gasteiger partial charge in [0.2, 0.25) is 0 Å². The summed E-state index contributed by atoms with van der Waals surface area (Å²) in [6, 6.07) is 6.38. The topological polar surface area (TPSA) is 75.3 Å². The number of carbonyl (C=O) groups is 1. The Kier molecular flexibility index (Phi) is 2.54. The van der Waals surface area contributed by atoms with E-state index >= 15 is 0 Å². The second kappa shape index (κ2) is 3.86. The molecule has 6 heteroatoms. The summed E-state index contributed by atoms with van der Waals surface area (Å²) in [7, 11) is 0. The Morgan fingerprint density at radius 3 is 2.62 bits per heavy atom. The number of benzene rings is 1. The molecule has 82 valence electrons. The van der Waals surface area contributed by atoms with E-state index in [1.807, 2.05) is 0 Å². The SMILES string of the molecule is O=C(O)c1cnn(-c2ccccc2O)c1Cl. The van der Waals surface area contributed by atoms with Gasteiger partial charge in [0.15, 0.2) is 0 Å². The van der Waals surface area contributed by atoms with Crippen molar-refractivity contribution >= 4 is 17.6 Å². The molecule has 0 aliphatic rings. The summed E-state index contributed by atoms with van der Waals surface area (Å²) >= 11 is 5.83. The van der Waals surface area contributed by atoms with Crippen molar-refractivity contribution in [2.75, 3.05) is 0 Å². The highest BCUT2D eigenvalue weighted by Gasteiger charge is 2.16. The highest BCUT2D eigenvalue weighted by Crippen LogP contribution is 2.25. The number of nitrogens with zero attached hydrogens (tertiary/aromatic N) is 2. The maximum Gasteiger partial charge on any atom is 0.340 e. The molecule has 0 radical (unpaired) electrons. The van der Waals surface area contributed by atoms with Crippen LogP contribution in [-0.2, 0) is 0 Å². The summed E-state index contributed by atoms with van der Waals surface area (Å²) < 4.78 is 1.17. The average Bonchev–Trinajstić information content (AvgIpc) is 2.61. The molecule has 1 aromatic heterocycles. The summed E-state index contributed by atoms with van der Waals surface area (Å²) in [5, 5.41) is 22.1. The fraction of sp³-hybridized carbons (Fsp3) is 0. The van der Waals surface area contributed by atoms with Crippen LogP contribution in [0.2, 0.25) is 5.15 Å². The third-order valence-electron chi connectivity index (χ3n) is 2.05. The van der Waals surface area contributed by atoms with Crippen molar-refractivity contribution in [1.82, 2.24) is 9.78 Å². The molecule has 16 heavy (non-hydrogen) atoms. The molecule has 2 aromatic rings. The molecule has 0 amide bonds. The first-order valence-corrected chi connectivity index (χ1v) is 4.74. The van der Waals surface area contributed by atoms with E-state index in [0.717, 1.165) is 6.20 Å². The average molecular weight is 239 g/mol. The number of aromatic carboxylic acids is 1. The third kappa shape index (κ3) is 1.61. The molecule has 0 bridgehead atoms. The van der Waals surface area contributed by atoms with Gasteiger partial charge >= 0.3 is 5.97 Å². The summed E-state index contributed by atoms with van der Waals surface area (Å²) in [5.74, 6) is -1.18. The number of halogens is 1. The van der Waals surface area contributed by atoms with E-state index in [9.17, 15) is 9.90 Å². The molecule has 1 heterocycles. The smallest absolute Gasteiger partial charge is 0.340 e. The molecule has 1 aromatic carbocycles. The van der Waals surface area contributed by atoms with Crippen LogP contribution < -0.4 is 0 Å². The van der Waals surface area contributed by atoms with Gasteiger partial charge < -0.3 is 10.2 Å². The van der Waals surface area contributed by atoms with E-state index in [1.54, 1.807) is 18.2 Å². The van der Waals surface area contributed by atoms with Gasteiger partial charge in [-0.05, 0) is 12.1 Å². The Morgan fingerprint density at radius 1 is 1.38 bits per heavy atom. The Hall–Kier alpha value is -2.01. The molecule has 0 spiro atoms. The van der Waals surface area contributed by atoms with Crippen LogP contribution in [0.4, 0.5) is 0 Å². The number of carboxylic acid groups (broad SMARTS) is 1. The highest BCUT2D eigenvalue weighted by atomic mass is 35.5. The van der Waals surface area contributed by atoms with Crippen molar-refractivity contribution in [1.29, 1.82) is 0 Å². The van der Waals surface area contributed by atoms with Crippen LogP contribution in [0.25, 0.3) is 5.69 Å². The normalized spacial score (nSPS) is 10.3. The van der Waals surface area contributed by atoms with Gasteiger partial charge in [-0.1, -0.05) is 23.7 Å². The number of phenols is 1. The van der Waals surface area contributed by atoms with E-state index in [2.05, 4.69) is 5.10 Å². The molecule has 2 rings (SSSR count). The largest absolute Gasteiger partial charge is 0.506 e. The van der Waals surface area contributed by atoms with E-state index in [4.69, 9.17) is 16.7 Å². The van der Waals surface area contributed by atoms with Crippen LogP contribution in [0, 0.1) is 0 Å². The van der Waals surface area contributed by atoms with Crippen molar-refractivity contribution < 1.29 is 15.0 Å². The number of hydrogen-bond acceptors (Lipinski definition) is 3. The van der Waals surface area contributed by atoms with Crippen molar-refractivity contribution in [3.8, 4) is 11.4 Å². The molecule has 0 aliphatic heterocycles. The predicted octanol–water partition coefficient (Wildman–Crippen LogP) is 1.93. The minimum Gasteiger partial charge on any atom is -0.506 e. The molecule has 0 atom stereocenters. The molecule has 0 unspecified atom stereocenters. The number of hydrogen-bond donors (Lipinski definition) is 2. The maximum atomic E-state index is 10.8. The first-order chi connectivity index (χ1) is 7.61. The Labute approximate surface area is 95.5 Å². The first kappa shape index (κ1) is 10.5. The van der Waals surface area contributed by atoms with Gasteiger partial charge in [-0.2, -0.15) is 5.10 Å². The lowest BCUT2D eigenvalue weighted by Gasteiger charge is -2.04. The van der Waals surface area contributed by atoms with E-state index < -0.39 is 5.97 Å². The van der Waals surface area contributed by atoms with Gasteiger partial charge in [-0.3, -0.25) is 0 Å². The van der Waals surface area contributed by atoms with E-state index in [0.29, 0.717) is 5.69 Å². The van der Waals surface area contributed by atoms with Gasteiger partial charge in [0.25, 0.3) is 0 Å². The summed E-state index contributed by atoms with van der Waals surface area (Å²) in [4.78, 5) is 10.8. The van der Waals surface area contributed by atoms with Gasteiger partial charge in [0.1, 0.15) is 22.2 Å². The van der Waals surface area contributed by atoms with Crippen molar-refractivity contribution in [2.24, 2.45) is 0 Å². The number of aromatic nitrogens is 2. The standard InChI is InChI=1S/C10H7ClN2O3/c11-9-6(10(15)16)5-12-13(9)7-3-1-2-4-8(7)14/h1-5,14H,(H,15,16). The van der Waals surface area contributed by atoms with Gasteiger partial charge in [-0.15, -0.1) is 0 Å². The monoisotopic (exact) mass is 238 g/mol. The van der Waals surface area contributed by atoms with Crippen LogP contribution >= 0.6 is 11.6 Å². The van der Waals surface area contributed by atoms with Crippen LogP contribution in [0.5, 0.6) is 5.75 Å². The lowest BCUT2D eigenvalue weighted by atomic mass is 10.3. The summed E-state index contributed by atoms with van der Waals surface area (Å²) in [6.45, 7) is 0. The van der Waals surface area contributed by atoms with Crippen molar-refractivity contribution in [3.05, 3.63) is 41.2 Å². The number of carboxylic acids is 1. The van der Waals surface area contributed by atoms with E-state index in [-0.39, 0.29) is 16.5 Å². The van der Waals surface area contributed by atoms with Crippen molar-refractivity contribution in [2.45, 2.75) is 0 Å². The molecule has 5 nitrogen and oxygen atoms in total. The summed E-state index contributed by atoms with van der Waals surface area (Å²) in [6.07, 6.45) is 1.14. The third-order valence-corrected chi connectivity index (χ3v) is 2.41. The Bertz CT molecular complexity index is 551. The molecular weight excluding hydrogens is 232 g/mol. The molecule has 2 N–H and O–H groups in total. The fourth-order valence-electron chi connectivity index (χ4n) is 1.29. The minimum atomic E-state index is -1.16. The summed E-state index contributed by atoms with van der Waals surface area (Å²) in [5.41, 5.74) is 0.227. The van der Waals surface area contributed by atoms with Crippen LogP contribution in [0.15, 0.2) is 30.5 Å². The number of para-hydroxylation sites is 2. The molecule has 0 aliphatic carbocycles. The highest BCUT2D eigenvalue weighted by molar-refractivity contribution is 6.32. The second-order valence-electron chi connectivity index (χ2n) is 3.05. The molecule has 0 fully saturated rings. The fourth-order valence-corrected chi connectivity index (χ4v) is 1.55. The van der Waals surface area contributed by atoms with E-state index in [1.165, 1.54) is 10.7 Å². The first-order valence-electron chi connectivity index (χ1n) is 4.36. The zero-order chi connectivity index (χ0) is 11.7. The minimum absolute atomic E-state index is 0.0237. The van der Waals surface area contributed by atoms with Crippen LogP contribution in [0.1, 0.15) is 10.4 Å². The lowest BCUT2D eigenvalue weighted by molar-refractivity contribution is 0.0697. The van der Waals surface area contributed by atoms with Gasteiger partial charge in [-0.25, -0.2) is 9.48 Å². The zero-order valence-electron chi connectivity index (χ0n) is 7.96. The maximum absolute atomic E-state index is 10.8. The van der Waals surface area contributed by atoms with Gasteiger partial charge in [0.05, 0.1) is 6.20 Å². The molecular formula is C10H7ClN2O3. The second-order valence-corrected chi connectivity index (χ2v) is 3.41. The number of aromatic hydroxyl groups is 1. The zero-order valence-corrected chi connectivity index (χ0v) is 8.72. The quantitative estimate of drug-likeness (QED) is 0.838.